The monoisotopic (exact) mass is 183 g/mol. The smallest absolute Gasteiger partial charge is 0.136 e. The Morgan fingerprint density at radius 3 is 2.77 bits per heavy atom. The Morgan fingerprint density at radius 1 is 1.54 bits per heavy atom. The third-order valence-corrected chi connectivity index (χ3v) is 2.58. The van der Waals surface area contributed by atoms with Crippen LogP contribution in [0.25, 0.3) is 0 Å². The highest BCUT2D eigenvalue weighted by molar-refractivity contribution is 5.01. The predicted octanol–water partition coefficient (Wildman–Crippen LogP) is 1.02. The lowest BCUT2D eigenvalue weighted by molar-refractivity contribution is 0.265. The molecule has 1 aliphatic heterocycles. The number of rotatable bonds is 1. The second-order valence-corrected chi connectivity index (χ2v) is 3.72. The molecule has 1 saturated heterocycles. The average Bonchev–Trinajstić information content (AvgIpc) is 2.58. The highest BCUT2D eigenvalue weighted by Gasteiger charge is 2.32. The van der Waals surface area contributed by atoms with Crippen molar-refractivity contribution in [2.75, 3.05) is 20.1 Å². The Hall–Kier alpha value is -0.900. The van der Waals surface area contributed by atoms with Crippen LogP contribution in [0.15, 0.2) is 12.3 Å². The van der Waals surface area contributed by atoms with E-state index in [0.29, 0.717) is 6.54 Å². The second-order valence-electron chi connectivity index (χ2n) is 3.72. The van der Waals surface area contributed by atoms with Gasteiger partial charge < -0.3 is 4.90 Å². The van der Waals surface area contributed by atoms with Gasteiger partial charge in [0.2, 0.25) is 0 Å². The van der Waals surface area contributed by atoms with Crippen molar-refractivity contribution in [1.82, 2.24) is 14.7 Å². The topological polar surface area (TPSA) is 21.1 Å². The van der Waals surface area contributed by atoms with Gasteiger partial charge in [0.25, 0.3) is 0 Å². The Morgan fingerprint density at radius 2 is 2.31 bits per heavy atom. The summed E-state index contributed by atoms with van der Waals surface area (Å²) < 4.78 is 15.3. The number of hydrogen-bond acceptors (Lipinski definition) is 2. The van der Waals surface area contributed by atoms with Crippen molar-refractivity contribution >= 4 is 0 Å². The zero-order valence-corrected chi connectivity index (χ0v) is 7.94. The second kappa shape index (κ2) is 3.10. The van der Waals surface area contributed by atoms with Gasteiger partial charge in [0.1, 0.15) is 6.17 Å². The summed E-state index contributed by atoms with van der Waals surface area (Å²) in [5.74, 6) is 0. The van der Waals surface area contributed by atoms with E-state index < -0.39 is 6.17 Å². The van der Waals surface area contributed by atoms with Gasteiger partial charge in [-0.1, -0.05) is 0 Å². The average molecular weight is 183 g/mol. The lowest BCUT2D eigenvalue weighted by atomic mass is 10.2. The van der Waals surface area contributed by atoms with Gasteiger partial charge in [-0.15, -0.1) is 0 Å². The van der Waals surface area contributed by atoms with Gasteiger partial charge in [-0.3, -0.25) is 4.68 Å². The Kier molecular flexibility index (Phi) is 2.07. The summed E-state index contributed by atoms with van der Waals surface area (Å²) in [6, 6.07) is 1.81. The standard InChI is InChI=1S/C9H14FN3/c1-7-3-4-11-13(7)9-6-12(2)5-8(9)10/h3-4,8-9H,5-6H2,1-2H3. The Labute approximate surface area is 77.1 Å². The van der Waals surface area contributed by atoms with Crippen LogP contribution in [0.4, 0.5) is 4.39 Å². The fraction of sp³-hybridized carbons (Fsp3) is 0.667. The third kappa shape index (κ3) is 1.46. The van der Waals surface area contributed by atoms with E-state index in [1.165, 1.54) is 0 Å². The molecule has 0 aromatic carbocycles. The largest absolute Gasteiger partial charge is 0.301 e. The molecule has 0 amide bonds. The van der Waals surface area contributed by atoms with Gasteiger partial charge in [0, 0.05) is 25.0 Å². The molecule has 0 radical (unpaired) electrons. The fourth-order valence-corrected chi connectivity index (χ4v) is 1.89. The van der Waals surface area contributed by atoms with Gasteiger partial charge in [-0.2, -0.15) is 5.10 Å². The van der Waals surface area contributed by atoms with E-state index in [1.54, 1.807) is 10.9 Å². The van der Waals surface area contributed by atoms with Gasteiger partial charge in [-0.05, 0) is 20.0 Å². The summed E-state index contributed by atoms with van der Waals surface area (Å²) in [5.41, 5.74) is 1.03. The number of alkyl halides is 1. The summed E-state index contributed by atoms with van der Waals surface area (Å²) >= 11 is 0. The molecular weight excluding hydrogens is 169 g/mol. The summed E-state index contributed by atoms with van der Waals surface area (Å²) in [4.78, 5) is 2.00. The summed E-state index contributed by atoms with van der Waals surface area (Å²) in [6.45, 7) is 3.23. The van der Waals surface area contributed by atoms with E-state index in [4.69, 9.17) is 0 Å². The van der Waals surface area contributed by atoms with Crippen LogP contribution in [-0.2, 0) is 0 Å². The first-order valence-corrected chi connectivity index (χ1v) is 4.51. The molecule has 2 atom stereocenters. The molecule has 0 aliphatic carbocycles. The summed E-state index contributed by atoms with van der Waals surface area (Å²) in [7, 11) is 1.94. The van der Waals surface area contributed by atoms with Crippen molar-refractivity contribution in [3.63, 3.8) is 0 Å². The number of nitrogens with zero attached hydrogens (tertiary/aromatic N) is 3. The molecule has 0 spiro atoms. The normalized spacial score (nSPS) is 29.8. The van der Waals surface area contributed by atoms with Gasteiger partial charge in [-0.25, -0.2) is 4.39 Å². The number of aromatic nitrogens is 2. The van der Waals surface area contributed by atoms with Crippen LogP contribution in [0.5, 0.6) is 0 Å². The van der Waals surface area contributed by atoms with Crippen LogP contribution in [-0.4, -0.2) is 41.0 Å². The molecule has 0 saturated carbocycles. The summed E-state index contributed by atoms with van der Waals surface area (Å²) in [6.07, 6.45) is 0.934. The Balaban J connectivity index is 2.22. The number of likely N-dealkylation sites (N-methyl/N-ethyl adjacent to an activating group) is 1. The molecular formula is C9H14FN3. The molecule has 1 aromatic rings. The Bertz CT molecular complexity index is 297. The van der Waals surface area contributed by atoms with Crippen LogP contribution in [0.3, 0.4) is 0 Å². The maximum atomic E-state index is 13.5. The molecule has 1 aliphatic rings. The summed E-state index contributed by atoms with van der Waals surface area (Å²) in [5, 5.41) is 4.13. The lowest BCUT2D eigenvalue weighted by Crippen LogP contribution is -2.21. The minimum Gasteiger partial charge on any atom is -0.301 e. The van der Waals surface area contributed by atoms with Crippen molar-refractivity contribution in [2.45, 2.75) is 19.1 Å². The number of likely N-dealkylation sites (tertiary alicyclic amines) is 1. The van der Waals surface area contributed by atoms with Gasteiger partial charge in [0.15, 0.2) is 0 Å². The van der Waals surface area contributed by atoms with E-state index in [0.717, 1.165) is 12.2 Å². The molecule has 1 fully saturated rings. The van der Waals surface area contributed by atoms with Crippen LogP contribution in [0, 0.1) is 6.92 Å². The predicted molar refractivity (Wildman–Crippen MR) is 48.4 cm³/mol. The first kappa shape index (κ1) is 8.69. The molecule has 4 heteroatoms. The maximum Gasteiger partial charge on any atom is 0.136 e. The van der Waals surface area contributed by atoms with Crippen LogP contribution < -0.4 is 0 Å². The first-order chi connectivity index (χ1) is 6.18. The van der Waals surface area contributed by atoms with E-state index in [9.17, 15) is 4.39 Å². The van der Waals surface area contributed by atoms with E-state index >= 15 is 0 Å². The minimum absolute atomic E-state index is 0.0972. The molecule has 0 bridgehead atoms. The van der Waals surface area contributed by atoms with Gasteiger partial charge in [0.05, 0.1) is 6.04 Å². The highest BCUT2D eigenvalue weighted by atomic mass is 19.1. The molecule has 13 heavy (non-hydrogen) atoms. The number of aryl methyl sites for hydroxylation is 1. The molecule has 72 valence electrons. The maximum absolute atomic E-state index is 13.5. The van der Waals surface area contributed by atoms with Crippen molar-refractivity contribution in [3.8, 4) is 0 Å². The van der Waals surface area contributed by atoms with Crippen molar-refractivity contribution in [2.24, 2.45) is 0 Å². The van der Waals surface area contributed by atoms with Crippen LogP contribution in [0.1, 0.15) is 11.7 Å². The molecule has 3 nitrogen and oxygen atoms in total. The third-order valence-electron chi connectivity index (χ3n) is 2.58. The van der Waals surface area contributed by atoms with Crippen LogP contribution in [0.2, 0.25) is 0 Å². The van der Waals surface area contributed by atoms with Crippen molar-refractivity contribution in [1.29, 1.82) is 0 Å². The molecule has 0 N–H and O–H groups in total. The van der Waals surface area contributed by atoms with Crippen LogP contribution >= 0.6 is 0 Å². The molecule has 2 rings (SSSR count). The first-order valence-electron chi connectivity index (χ1n) is 4.51. The highest BCUT2D eigenvalue weighted by Crippen LogP contribution is 2.23. The van der Waals surface area contributed by atoms with Crippen molar-refractivity contribution < 1.29 is 4.39 Å². The quantitative estimate of drug-likeness (QED) is 0.648. The number of halogens is 1. The molecule has 2 heterocycles. The SMILES string of the molecule is Cc1ccnn1C1CN(C)CC1F. The molecule has 2 unspecified atom stereocenters. The molecule has 1 aromatic heterocycles. The fourth-order valence-electron chi connectivity index (χ4n) is 1.89. The minimum atomic E-state index is -0.788. The van der Waals surface area contributed by atoms with Crippen molar-refractivity contribution in [3.05, 3.63) is 18.0 Å². The zero-order chi connectivity index (χ0) is 9.42. The number of hydrogen-bond donors (Lipinski definition) is 0. The lowest BCUT2D eigenvalue weighted by Gasteiger charge is -2.14. The van der Waals surface area contributed by atoms with E-state index in [2.05, 4.69) is 5.10 Å². The zero-order valence-electron chi connectivity index (χ0n) is 7.94. The van der Waals surface area contributed by atoms with Gasteiger partial charge >= 0.3 is 0 Å². The van der Waals surface area contributed by atoms with E-state index in [1.807, 2.05) is 24.9 Å². The van der Waals surface area contributed by atoms with E-state index in [-0.39, 0.29) is 6.04 Å².